The van der Waals surface area contributed by atoms with Gasteiger partial charge in [0.1, 0.15) is 0 Å². The number of hydrogen-bond donors (Lipinski definition) is 2. The molecule has 2 rings (SSSR count). The molecule has 1 aliphatic rings. The molecule has 0 radical (unpaired) electrons. The van der Waals surface area contributed by atoms with Crippen LogP contribution < -0.4 is 11.1 Å². The summed E-state index contributed by atoms with van der Waals surface area (Å²) in [4.78, 5) is 12.1. The summed E-state index contributed by atoms with van der Waals surface area (Å²) in [6.07, 6.45) is 1.70. The Hall–Kier alpha value is -1.39. The third-order valence-corrected chi connectivity index (χ3v) is 3.99. The molecule has 4 heteroatoms. The Morgan fingerprint density at radius 2 is 2.00 bits per heavy atom. The van der Waals surface area contributed by atoms with E-state index in [1.165, 1.54) is 5.56 Å². The van der Waals surface area contributed by atoms with E-state index in [4.69, 9.17) is 10.5 Å². The molecule has 0 saturated carbocycles. The van der Waals surface area contributed by atoms with Gasteiger partial charge in [0, 0.05) is 17.6 Å². The molecule has 1 aromatic carbocycles. The first-order chi connectivity index (χ1) is 9.08. The minimum atomic E-state index is -0.310. The summed E-state index contributed by atoms with van der Waals surface area (Å²) in [7, 11) is 0. The molecule has 0 saturated heterocycles. The lowest BCUT2D eigenvalue weighted by Gasteiger charge is -2.26. The van der Waals surface area contributed by atoms with Crippen molar-refractivity contribution in [3.63, 3.8) is 0 Å². The van der Waals surface area contributed by atoms with Crippen molar-refractivity contribution >= 4 is 5.91 Å². The first kappa shape index (κ1) is 14.0. The van der Waals surface area contributed by atoms with Gasteiger partial charge in [0.25, 0.3) is 5.91 Å². The summed E-state index contributed by atoms with van der Waals surface area (Å²) in [6.45, 7) is 5.84. The normalized spacial score (nSPS) is 14.3. The van der Waals surface area contributed by atoms with Crippen LogP contribution in [-0.2, 0) is 18.0 Å². The van der Waals surface area contributed by atoms with Gasteiger partial charge in [-0.3, -0.25) is 4.79 Å². The minimum absolute atomic E-state index is 0.0635. The zero-order valence-electron chi connectivity index (χ0n) is 11.7. The second kappa shape index (κ2) is 5.72. The monoisotopic (exact) mass is 262 g/mol. The number of benzene rings is 1. The van der Waals surface area contributed by atoms with Crippen LogP contribution in [0.25, 0.3) is 0 Å². The third kappa shape index (κ3) is 3.14. The number of ether oxygens (including phenoxy) is 1. The number of amides is 1. The van der Waals surface area contributed by atoms with Gasteiger partial charge in [-0.1, -0.05) is 19.9 Å². The highest BCUT2D eigenvalue weighted by Crippen LogP contribution is 2.20. The Bertz CT molecular complexity index is 467. The van der Waals surface area contributed by atoms with Gasteiger partial charge in [-0.25, -0.2) is 0 Å². The first-order valence-corrected chi connectivity index (χ1v) is 6.84. The van der Waals surface area contributed by atoms with Crippen molar-refractivity contribution < 1.29 is 9.53 Å². The van der Waals surface area contributed by atoms with E-state index in [-0.39, 0.29) is 11.4 Å². The predicted molar refractivity (Wildman–Crippen MR) is 74.8 cm³/mol. The number of hydrogen-bond acceptors (Lipinski definition) is 3. The fourth-order valence-electron chi connectivity index (χ4n) is 2.17. The van der Waals surface area contributed by atoms with Crippen molar-refractivity contribution in [3.8, 4) is 0 Å². The van der Waals surface area contributed by atoms with Gasteiger partial charge < -0.3 is 15.8 Å². The van der Waals surface area contributed by atoms with Gasteiger partial charge in [-0.05, 0) is 36.1 Å². The largest absolute Gasteiger partial charge is 0.372 e. The molecule has 0 unspecified atom stereocenters. The maximum atomic E-state index is 12.1. The molecule has 0 bridgehead atoms. The second-order valence-electron chi connectivity index (χ2n) is 5.23. The number of carbonyl (C=O) groups is 1. The number of rotatable bonds is 5. The third-order valence-electron chi connectivity index (χ3n) is 3.99. The lowest BCUT2D eigenvalue weighted by atomic mass is 9.94. The molecule has 0 atom stereocenters. The average Bonchev–Trinajstić information content (AvgIpc) is 2.91. The van der Waals surface area contributed by atoms with Crippen LogP contribution in [-0.4, -0.2) is 18.0 Å². The Labute approximate surface area is 114 Å². The molecule has 1 aliphatic heterocycles. The first-order valence-electron chi connectivity index (χ1n) is 6.84. The van der Waals surface area contributed by atoms with Gasteiger partial charge >= 0.3 is 0 Å². The van der Waals surface area contributed by atoms with Crippen molar-refractivity contribution in [2.45, 2.75) is 45.4 Å². The van der Waals surface area contributed by atoms with Gasteiger partial charge in [0.05, 0.1) is 13.2 Å². The topological polar surface area (TPSA) is 64.3 Å². The van der Waals surface area contributed by atoms with Crippen LogP contribution in [0.2, 0.25) is 0 Å². The minimum Gasteiger partial charge on any atom is -0.372 e. The molecule has 104 valence electrons. The fraction of sp³-hybridized carbons (Fsp3) is 0.533. The van der Waals surface area contributed by atoms with Crippen molar-refractivity contribution in [3.05, 3.63) is 34.9 Å². The van der Waals surface area contributed by atoms with Crippen LogP contribution in [0.15, 0.2) is 18.2 Å². The lowest BCUT2D eigenvalue weighted by molar-refractivity contribution is 0.0942. The average molecular weight is 262 g/mol. The van der Waals surface area contributed by atoms with E-state index in [0.717, 1.165) is 18.4 Å². The van der Waals surface area contributed by atoms with Gasteiger partial charge in [0.2, 0.25) is 0 Å². The summed E-state index contributed by atoms with van der Waals surface area (Å²) >= 11 is 0. The Balaban J connectivity index is 2.00. The number of nitrogens with one attached hydrogen (secondary N) is 1. The highest BCUT2D eigenvalue weighted by atomic mass is 16.5. The SMILES string of the molecule is CCC(N)(CC)CNC(=O)c1ccc2c(c1)COC2. The van der Waals surface area contributed by atoms with Gasteiger partial charge in [-0.15, -0.1) is 0 Å². The Morgan fingerprint density at radius 1 is 1.32 bits per heavy atom. The zero-order chi connectivity index (χ0) is 13.9. The zero-order valence-corrected chi connectivity index (χ0v) is 11.7. The summed E-state index contributed by atoms with van der Waals surface area (Å²) in [6, 6.07) is 5.72. The van der Waals surface area contributed by atoms with E-state index >= 15 is 0 Å². The standard InChI is InChI=1S/C15H22N2O2/c1-3-15(16,4-2)10-17-14(18)11-5-6-12-8-19-9-13(12)7-11/h5-7H,3-4,8-10,16H2,1-2H3,(H,17,18). The van der Waals surface area contributed by atoms with Crippen molar-refractivity contribution in [1.29, 1.82) is 0 Å². The molecular weight excluding hydrogens is 240 g/mol. The quantitative estimate of drug-likeness (QED) is 0.852. The lowest BCUT2D eigenvalue weighted by Crippen LogP contribution is -2.49. The van der Waals surface area contributed by atoms with E-state index in [1.807, 2.05) is 32.0 Å². The summed E-state index contributed by atoms with van der Waals surface area (Å²) in [5.74, 6) is -0.0635. The van der Waals surface area contributed by atoms with Gasteiger partial charge in [0.15, 0.2) is 0 Å². The summed E-state index contributed by atoms with van der Waals surface area (Å²) < 4.78 is 5.35. The van der Waals surface area contributed by atoms with E-state index in [1.54, 1.807) is 0 Å². The maximum Gasteiger partial charge on any atom is 0.251 e. The van der Waals surface area contributed by atoms with E-state index in [0.29, 0.717) is 25.3 Å². The summed E-state index contributed by atoms with van der Waals surface area (Å²) in [5, 5.41) is 2.93. The highest BCUT2D eigenvalue weighted by molar-refractivity contribution is 5.94. The maximum absolute atomic E-state index is 12.1. The van der Waals surface area contributed by atoms with Gasteiger partial charge in [-0.2, -0.15) is 0 Å². The number of carbonyl (C=O) groups excluding carboxylic acids is 1. The molecule has 1 heterocycles. The van der Waals surface area contributed by atoms with Crippen LogP contribution in [0, 0.1) is 0 Å². The smallest absolute Gasteiger partial charge is 0.251 e. The number of nitrogens with two attached hydrogens (primary N) is 1. The van der Waals surface area contributed by atoms with Crippen LogP contribution in [0.4, 0.5) is 0 Å². The van der Waals surface area contributed by atoms with Crippen LogP contribution >= 0.6 is 0 Å². The predicted octanol–water partition coefficient (Wildman–Crippen LogP) is 1.96. The molecule has 0 fully saturated rings. The highest BCUT2D eigenvalue weighted by Gasteiger charge is 2.21. The Kier molecular flexibility index (Phi) is 4.22. The van der Waals surface area contributed by atoms with Crippen molar-refractivity contribution in [2.24, 2.45) is 5.73 Å². The van der Waals surface area contributed by atoms with Crippen LogP contribution in [0.5, 0.6) is 0 Å². The molecule has 19 heavy (non-hydrogen) atoms. The van der Waals surface area contributed by atoms with Crippen LogP contribution in [0.1, 0.15) is 48.2 Å². The molecule has 1 amide bonds. The molecule has 0 spiro atoms. The van der Waals surface area contributed by atoms with Crippen molar-refractivity contribution in [2.75, 3.05) is 6.54 Å². The van der Waals surface area contributed by atoms with Crippen molar-refractivity contribution in [1.82, 2.24) is 5.32 Å². The molecular formula is C15H22N2O2. The molecule has 0 aromatic heterocycles. The van der Waals surface area contributed by atoms with E-state index in [2.05, 4.69) is 5.32 Å². The fourth-order valence-corrected chi connectivity index (χ4v) is 2.17. The molecule has 3 N–H and O–H groups in total. The molecule has 0 aliphatic carbocycles. The second-order valence-corrected chi connectivity index (χ2v) is 5.23. The van der Waals surface area contributed by atoms with Crippen LogP contribution in [0.3, 0.4) is 0 Å². The molecule has 1 aromatic rings. The summed E-state index contributed by atoms with van der Waals surface area (Å²) in [5.41, 5.74) is 8.83. The van der Waals surface area contributed by atoms with E-state index in [9.17, 15) is 4.79 Å². The number of fused-ring (bicyclic) bond motifs is 1. The Morgan fingerprint density at radius 3 is 2.68 bits per heavy atom. The molecule has 4 nitrogen and oxygen atoms in total. The van der Waals surface area contributed by atoms with E-state index < -0.39 is 0 Å².